The van der Waals surface area contributed by atoms with Crippen LogP contribution >= 0.6 is 0 Å². The van der Waals surface area contributed by atoms with E-state index in [1.54, 1.807) is 6.33 Å². The van der Waals surface area contributed by atoms with Crippen molar-refractivity contribution in [2.24, 2.45) is 13.0 Å². The van der Waals surface area contributed by atoms with E-state index in [1.165, 1.54) is 49.4 Å². The normalized spacial score (nSPS) is 14.8. The molecule has 0 aliphatic heterocycles. The fourth-order valence-electron chi connectivity index (χ4n) is 5.44. The van der Waals surface area contributed by atoms with E-state index in [0.717, 1.165) is 40.1 Å². The maximum Gasteiger partial charge on any atom is 0.287 e. The van der Waals surface area contributed by atoms with E-state index < -0.39 is 11.8 Å². The summed E-state index contributed by atoms with van der Waals surface area (Å²) in [5, 5.41) is 1.75. The third-order valence-electron chi connectivity index (χ3n) is 7.00. The van der Waals surface area contributed by atoms with Gasteiger partial charge in [-0.25, -0.2) is 8.96 Å². The highest BCUT2D eigenvalue weighted by Crippen LogP contribution is 2.40. The maximum absolute atomic E-state index is 15.1. The lowest BCUT2D eigenvalue weighted by atomic mass is 9.95. The average Bonchev–Trinajstić information content (AvgIpc) is 3.42. The van der Waals surface area contributed by atoms with Gasteiger partial charge in [0.2, 0.25) is 11.7 Å². The Hall–Kier alpha value is -3.41. The zero-order chi connectivity index (χ0) is 22.7. The lowest BCUT2D eigenvalue weighted by Crippen LogP contribution is -2.32. The molecule has 0 saturated heterocycles. The largest absolute Gasteiger partial charge is 0.437 e. The van der Waals surface area contributed by atoms with E-state index in [2.05, 4.69) is 28.2 Å². The monoisotopic (exact) mass is 444 g/mol. The van der Waals surface area contributed by atoms with E-state index in [0.29, 0.717) is 16.4 Å². The van der Waals surface area contributed by atoms with Crippen LogP contribution < -0.4 is 4.57 Å². The summed E-state index contributed by atoms with van der Waals surface area (Å²) in [5.41, 5.74) is 5.05. The first kappa shape index (κ1) is 20.2. The van der Waals surface area contributed by atoms with Gasteiger partial charge in [-0.1, -0.05) is 31.7 Å². The summed E-state index contributed by atoms with van der Waals surface area (Å²) in [5.74, 6) is -0.308. The molecule has 1 saturated carbocycles. The second-order valence-corrected chi connectivity index (χ2v) is 9.25. The minimum atomic E-state index is -0.657. The fourth-order valence-corrected chi connectivity index (χ4v) is 5.44. The topological polar surface area (TPSA) is 42.8 Å². The van der Waals surface area contributed by atoms with Gasteiger partial charge in [0.1, 0.15) is 11.5 Å². The molecule has 0 bridgehead atoms. The molecule has 0 amide bonds. The van der Waals surface area contributed by atoms with E-state index in [4.69, 9.17) is 4.42 Å². The molecule has 6 heteroatoms. The zero-order valence-corrected chi connectivity index (χ0v) is 18.7. The molecule has 33 heavy (non-hydrogen) atoms. The van der Waals surface area contributed by atoms with Crippen LogP contribution in [0.25, 0.3) is 44.2 Å². The van der Waals surface area contributed by atoms with Crippen LogP contribution in [0.2, 0.25) is 0 Å². The number of benzene rings is 2. The molecule has 3 heterocycles. The number of aryl methyl sites for hydroxylation is 2. The Labute approximate surface area is 189 Å². The number of furan rings is 1. The lowest BCUT2D eigenvalue weighted by Gasteiger charge is -2.12. The van der Waals surface area contributed by atoms with Crippen LogP contribution in [-0.4, -0.2) is 9.97 Å². The molecule has 0 radical (unpaired) electrons. The number of nitrogens with zero attached hydrogens (tertiary/aromatic N) is 3. The van der Waals surface area contributed by atoms with Gasteiger partial charge in [0.15, 0.2) is 11.1 Å². The number of hydrogen-bond acceptors (Lipinski definition) is 3. The van der Waals surface area contributed by atoms with Gasteiger partial charge in [-0.2, -0.15) is 9.37 Å². The summed E-state index contributed by atoms with van der Waals surface area (Å²) < 4.78 is 36.7. The van der Waals surface area contributed by atoms with Gasteiger partial charge in [0.05, 0.1) is 28.8 Å². The third kappa shape index (κ3) is 3.27. The molecule has 0 spiro atoms. The first-order valence-electron chi connectivity index (χ1n) is 11.4. The van der Waals surface area contributed by atoms with Crippen molar-refractivity contribution in [2.75, 3.05) is 0 Å². The second-order valence-electron chi connectivity index (χ2n) is 9.25. The number of fused-ring (bicyclic) bond motifs is 4. The standard InChI is InChI=1S/C27H24F2N3O/c1-15-11-20(28)24-19-9-10-22(29)31-27(19)33-26(24)23(15)25-18-8-7-17(12-16-5-3-4-6-16)13-21(18)30-14-32(25)2/h7-11,13-14,16H,3-6,12H2,1-2H3/q+1. The highest BCUT2D eigenvalue weighted by molar-refractivity contribution is 6.11. The minimum Gasteiger partial charge on any atom is -0.437 e. The van der Waals surface area contributed by atoms with Crippen molar-refractivity contribution in [3.05, 3.63) is 65.6 Å². The van der Waals surface area contributed by atoms with Crippen molar-refractivity contribution in [3.63, 3.8) is 0 Å². The van der Waals surface area contributed by atoms with Gasteiger partial charge in [0.25, 0.3) is 6.33 Å². The summed E-state index contributed by atoms with van der Waals surface area (Å²) in [6.45, 7) is 1.86. The van der Waals surface area contributed by atoms with E-state index in [-0.39, 0.29) is 5.71 Å². The van der Waals surface area contributed by atoms with Crippen LogP contribution in [0.3, 0.4) is 0 Å². The van der Waals surface area contributed by atoms with Crippen LogP contribution in [0, 0.1) is 24.6 Å². The van der Waals surface area contributed by atoms with Gasteiger partial charge in [0, 0.05) is 0 Å². The van der Waals surface area contributed by atoms with Crippen LogP contribution in [0.15, 0.2) is 47.1 Å². The van der Waals surface area contributed by atoms with Crippen molar-refractivity contribution < 1.29 is 17.8 Å². The van der Waals surface area contributed by atoms with Crippen molar-refractivity contribution >= 4 is 33.0 Å². The molecule has 0 atom stereocenters. The molecule has 0 unspecified atom stereocenters. The number of halogens is 2. The van der Waals surface area contributed by atoms with Gasteiger partial charge in [-0.3, -0.25) is 0 Å². The first-order chi connectivity index (χ1) is 16.0. The molecule has 6 rings (SSSR count). The van der Waals surface area contributed by atoms with Gasteiger partial charge in [-0.05, 0) is 65.7 Å². The van der Waals surface area contributed by atoms with Crippen LogP contribution in [-0.2, 0) is 13.5 Å². The Morgan fingerprint density at radius 1 is 1.06 bits per heavy atom. The molecular weight excluding hydrogens is 420 g/mol. The number of rotatable bonds is 3. The number of pyridine rings is 1. The maximum atomic E-state index is 15.1. The lowest BCUT2D eigenvalue weighted by molar-refractivity contribution is -0.662. The van der Waals surface area contributed by atoms with Gasteiger partial charge >= 0.3 is 0 Å². The van der Waals surface area contributed by atoms with E-state index in [1.807, 2.05) is 18.5 Å². The highest BCUT2D eigenvalue weighted by Gasteiger charge is 2.25. The summed E-state index contributed by atoms with van der Waals surface area (Å²) in [6, 6.07) is 10.7. The zero-order valence-electron chi connectivity index (χ0n) is 18.7. The molecule has 1 aliphatic rings. The van der Waals surface area contributed by atoms with Crippen LogP contribution in [0.4, 0.5) is 8.78 Å². The Bertz CT molecular complexity index is 1550. The Morgan fingerprint density at radius 2 is 1.85 bits per heavy atom. The van der Waals surface area contributed by atoms with Crippen molar-refractivity contribution in [1.82, 2.24) is 9.97 Å². The molecule has 166 valence electrons. The molecular formula is C27H24F2N3O+. The predicted octanol–water partition coefficient (Wildman–Crippen LogP) is 6.34. The molecule has 4 nitrogen and oxygen atoms in total. The second kappa shape index (κ2) is 7.58. The predicted molar refractivity (Wildman–Crippen MR) is 124 cm³/mol. The first-order valence-corrected chi connectivity index (χ1v) is 11.4. The summed E-state index contributed by atoms with van der Waals surface area (Å²) >= 11 is 0. The smallest absolute Gasteiger partial charge is 0.287 e. The van der Waals surface area contributed by atoms with E-state index in [9.17, 15) is 4.39 Å². The molecule has 1 aliphatic carbocycles. The molecule has 2 aromatic carbocycles. The fraction of sp³-hybridized carbons (Fsp3) is 0.296. The van der Waals surface area contributed by atoms with Crippen molar-refractivity contribution in [1.29, 1.82) is 0 Å². The number of aromatic nitrogens is 3. The third-order valence-corrected chi connectivity index (χ3v) is 7.00. The SMILES string of the molecule is Cc1cc(F)c2c(oc3nc(F)ccc32)c1-c1c2ccc(CC3CCCC3)cc2nc[n+]1C. The highest BCUT2D eigenvalue weighted by atomic mass is 19.1. The summed E-state index contributed by atoms with van der Waals surface area (Å²) in [6.07, 6.45) is 8.11. The average molecular weight is 445 g/mol. The molecule has 1 fully saturated rings. The Balaban J connectivity index is 1.60. The van der Waals surface area contributed by atoms with E-state index >= 15 is 4.39 Å². The Kier molecular flexibility index (Phi) is 4.64. The molecule has 3 aromatic heterocycles. The van der Waals surface area contributed by atoms with Crippen molar-refractivity contribution in [3.8, 4) is 11.3 Å². The van der Waals surface area contributed by atoms with Gasteiger partial charge in [-0.15, -0.1) is 0 Å². The van der Waals surface area contributed by atoms with Crippen LogP contribution in [0.1, 0.15) is 36.8 Å². The molecule has 0 N–H and O–H groups in total. The summed E-state index contributed by atoms with van der Waals surface area (Å²) in [4.78, 5) is 8.52. The minimum absolute atomic E-state index is 0.0932. The summed E-state index contributed by atoms with van der Waals surface area (Å²) in [7, 11) is 1.92. The van der Waals surface area contributed by atoms with Crippen LogP contribution in [0.5, 0.6) is 0 Å². The quantitative estimate of drug-likeness (QED) is 0.241. The molecule has 5 aromatic rings. The van der Waals surface area contributed by atoms with Crippen molar-refractivity contribution in [2.45, 2.75) is 39.0 Å². The number of hydrogen-bond donors (Lipinski definition) is 0. The Morgan fingerprint density at radius 3 is 2.67 bits per heavy atom. The van der Waals surface area contributed by atoms with Gasteiger partial charge < -0.3 is 4.42 Å².